The predicted octanol–water partition coefficient (Wildman–Crippen LogP) is 4.95. The van der Waals surface area contributed by atoms with Gasteiger partial charge in [-0.25, -0.2) is 24.0 Å². The predicted molar refractivity (Wildman–Crippen MR) is 198 cm³/mol. The van der Waals surface area contributed by atoms with Gasteiger partial charge in [0.1, 0.15) is 12.2 Å². The number of fused-ring (bicyclic) bond motifs is 3. The lowest BCUT2D eigenvalue weighted by Crippen LogP contribution is -2.36. The molecule has 2 fully saturated rings. The van der Waals surface area contributed by atoms with Crippen LogP contribution in [0.2, 0.25) is 0 Å². The summed E-state index contributed by atoms with van der Waals surface area (Å²) >= 11 is 0. The Morgan fingerprint density at radius 2 is 1.11 bits per heavy atom. The molecule has 0 N–H and O–H groups in total. The molecule has 2 aliphatic rings. The van der Waals surface area contributed by atoms with Crippen molar-refractivity contribution in [3.63, 3.8) is 0 Å². The van der Waals surface area contributed by atoms with Crippen molar-refractivity contribution in [2.75, 3.05) is 26.8 Å². The summed E-state index contributed by atoms with van der Waals surface area (Å²) in [5.41, 5.74) is 2.23. The zero-order valence-corrected chi connectivity index (χ0v) is 29.9. The van der Waals surface area contributed by atoms with Crippen LogP contribution in [0.5, 0.6) is 0 Å². The average molecular weight is 765 g/mol. The highest BCUT2D eigenvalue weighted by atomic mass is 16.7. The molecule has 14 heteroatoms. The summed E-state index contributed by atoms with van der Waals surface area (Å²) in [6, 6.07) is 21.2. The van der Waals surface area contributed by atoms with Gasteiger partial charge in [-0.1, -0.05) is 55.6 Å². The first kappa shape index (κ1) is 39.1. The van der Waals surface area contributed by atoms with Crippen LogP contribution in [0.25, 0.3) is 27.6 Å². The molecule has 2 saturated heterocycles. The van der Waals surface area contributed by atoms with Gasteiger partial charge in [-0.2, -0.15) is 0 Å². The lowest BCUT2D eigenvalue weighted by atomic mass is 10.0. The Balaban J connectivity index is 0.980. The third kappa shape index (κ3) is 9.91. The first-order chi connectivity index (χ1) is 27.1. The van der Waals surface area contributed by atoms with Crippen molar-refractivity contribution < 1.29 is 66.7 Å². The molecule has 0 spiro atoms. The van der Waals surface area contributed by atoms with Crippen LogP contribution in [0.4, 0.5) is 0 Å². The van der Waals surface area contributed by atoms with Gasteiger partial charge in [-0.3, -0.25) is 4.79 Å². The molecule has 0 unspecified atom stereocenters. The first-order valence-electron chi connectivity index (χ1n) is 17.4. The number of hydrogen-bond acceptors (Lipinski definition) is 14. The van der Waals surface area contributed by atoms with Crippen LogP contribution in [0.3, 0.4) is 0 Å². The highest BCUT2D eigenvalue weighted by Crippen LogP contribution is 2.32. The van der Waals surface area contributed by atoms with E-state index >= 15 is 0 Å². The molecule has 0 aromatic heterocycles. The van der Waals surface area contributed by atoms with Crippen molar-refractivity contribution in [1.29, 1.82) is 0 Å². The molecular formula is C42H36O14. The smallest absolute Gasteiger partial charge is 0.338 e. The summed E-state index contributed by atoms with van der Waals surface area (Å²) in [4.78, 5) is 72.3. The third-order valence-corrected chi connectivity index (χ3v) is 8.91. The van der Waals surface area contributed by atoms with Crippen molar-refractivity contribution in [2.24, 2.45) is 0 Å². The van der Waals surface area contributed by atoms with E-state index in [9.17, 15) is 28.8 Å². The Kier molecular flexibility index (Phi) is 12.6. The molecule has 4 atom stereocenters. The number of carbonyl (C=O) groups is 6. The molecule has 0 bridgehead atoms. The molecule has 4 aromatic carbocycles. The van der Waals surface area contributed by atoms with E-state index in [4.69, 9.17) is 28.4 Å². The van der Waals surface area contributed by atoms with E-state index in [0.29, 0.717) is 23.1 Å². The second kappa shape index (κ2) is 18.1. The number of hydrogen-bond donors (Lipinski definition) is 0. The molecule has 2 aliphatic heterocycles. The molecule has 6 rings (SSSR count). The van der Waals surface area contributed by atoms with E-state index in [0.717, 1.165) is 39.3 Å². The standard InChI is InChI=1S/C42H36O14/c1-3-35(43)51-23-53-37(45)15-7-25-5-9-29-19-31(13-11-27(29)17-25)41(47)55-33-21-49-40-34(22-50-39(33)40)56-42(48)32-14-12-28-18-26(6-10-30(28)20-32)8-16-38(46)54-24-52-36(44)4-2/h3-7,9-15,17-20,33-34,39-40H,1-2,8,16,21-24H2/b15-7+/t33-,34+,39-,40-/m1/s1. The molecule has 0 saturated carbocycles. The number of rotatable bonds is 15. The van der Waals surface area contributed by atoms with Crippen molar-refractivity contribution in [1.82, 2.24) is 0 Å². The van der Waals surface area contributed by atoms with Crippen molar-refractivity contribution in [3.8, 4) is 0 Å². The van der Waals surface area contributed by atoms with Crippen molar-refractivity contribution >= 4 is 63.4 Å². The maximum Gasteiger partial charge on any atom is 0.338 e. The molecule has 0 aliphatic carbocycles. The fourth-order valence-corrected chi connectivity index (χ4v) is 6.06. The third-order valence-electron chi connectivity index (χ3n) is 8.91. The molecule has 0 amide bonds. The maximum absolute atomic E-state index is 13.2. The Morgan fingerprint density at radius 3 is 1.70 bits per heavy atom. The summed E-state index contributed by atoms with van der Waals surface area (Å²) in [7, 11) is 0. The zero-order chi connectivity index (χ0) is 39.6. The topological polar surface area (TPSA) is 176 Å². The molecule has 14 nitrogen and oxygen atoms in total. The summed E-state index contributed by atoms with van der Waals surface area (Å²) in [6.45, 7) is 5.65. The lowest BCUT2D eigenvalue weighted by molar-refractivity contribution is -0.164. The average Bonchev–Trinajstić information content (AvgIpc) is 3.80. The van der Waals surface area contributed by atoms with E-state index in [1.54, 1.807) is 54.6 Å². The van der Waals surface area contributed by atoms with Crippen molar-refractivity contribution in [2.45, 2.75) is 37.3 Å². The minimum Gasteiger partial charge on any atom is -0.453 e. The Labute approximate surface area is 320 Å². The van der Waals surface area contributed by atoms with Crippen LogP contribution in [0.15, 0.2) is 104 Å². The molecule has 56 heavy (non-hydrogen) atoms. The van der Waals surface area contributed by atoms with Gasteiger partial charge in [0, 0.05) is 24.6 Å². The van der Waals surface area contributed by atoms with E-state index in [1.807, 2.05) is 24.3 Å². The zero-order valence-electron chi connectivity index (χ0n) is 29.9. The highest BCUT2D eigenvalue weighted by molar-refractivity contribution is 5.97. The van der Waals surface area contributed by atoms with E-state index in [2.05, 4.69) is 22.6 Å². The fourth-order valence-electron chi connectivity index (χ4n) is 6.06. The van der Waals surface area contributed by atoms with Crippen LogP contribution in [0, 0.1) is 0 Å². The number of esters is 6. The lowest BCUT2D eigenvalue weighted by Gasteiger charge is -2.17. The SMILES string of the molecule is C=CC(=O)OCOC(=O)/C=C/c1ccc2cc(C(=O)O[C@@H]3CO[C@H]4[C@@H]3OC[C@@H]4OC(=O)c3ccc4cc(CCC(=O)OCOC(=O)C=C)ccc4c3)ccc2c1. The van der Waals surface area contributed by atoms with Gasteiger partial charge in [-0.15, -0.1) is 0 Å². The van der Waals surface area contributed by atoms with Crippen LogP contribution in [-0.2, 0) is 63.5 Å². The van der Waals surface area contributed by atoms with Gasteiger partial charge in [-0.05, 0) is 75.5 Å². The minimum absolute atomic E-state index is 0.0658. The quantitative estimate of drug-likeness (QED) is 0.0688. The van der Waals surface area contributed by atoms with Crippen LogP contribution in [-0.4, -0.2) is 87.0 Å². The number of ether oxygens (including phenoxy) is 8. The van der Waals surface area contributed by atoms with E-state index in [1.165, 1.54) is 6.08 Å². The minimum atomic E-state index is -0.717. The second-order valence-corrected chi connectivity index (χ2v) is 12.6. The van der Waals surface area contributed by atoms with Crippen molar-refractivity contribution in [3.05, 3.63) is 126 Å². The first-order valence-corrected chi connectivity index (χ1v) is 17.4. The Bertz CT molecular complexity index is 2220. The molecular weight excluding hydrogens is 728 g/mol. The van der Waals surface area contributed by atoms with Gasteiger partial charge < -0.3 is 37.9 Å². The Morgan fingerprint density at radius 1 is 0.607 bits per heavy atom. The van der Waals surface area contributed by atoms with Crippen LogP contribution >= 0.6 is 0 Å². The van der Waals surface area contributed by atoms with E-state index < -0.39 is 73.8 Å². The summed E-state index contributed by atoms with van der Waals surface area (Å²) in [5.74, 6) is -3.73. The van der Waals surface area contributed by atoms with Gasteiger partial charge in [0.15, 0.2) is 12.2 Å². The molecule has 2 heterocycles. The number of carbonyl (C=O) groups excluding carboxylic acids is 6. The molecule has 288 valence electrons. The van der Waals surface area contributed by atoms with E-state index in [-0.39, 0.29) is 19.6 Å². The Hall–Kier alpha value is -6.64. The number of aryl methyl sites for hydroxylation is 1. The van der Waals surface area contributed by atoms with Gasteiger partial charge in [0.25, 0.3) is 0 Å². The van der Waals surface area contributed by atoms with Crippen LogP contribution in [0.1, 0.15) is 38.3 Å². The monoisotopic (exact) mass is 764 g/mol. The van der Waals surface area contributed by atoms with Crippen LogP contribution < -0.4 is 0 Å². The van der Waals surface area contributed by atoms with Gasteiger partial charge >= 0.3 is 35.8 Å². The second-order valence-electron chi connectivity index (χ2n) is 12.6. The summed E-state index contributed by atoms with van der Waals surface area (Å²) in [6.07, 6.45) is 2.49. The van der Waals surface area contributed by atoms with Gasteiger partial charge in [0.05, 0.1) is 24.3 Å². The normalized spacial score (nSPS) is 18.5. The summed E-state index contributed by atoms with van der Waals surface area (Å²) < 4.78 is 42.3. The maximum atomic E-state index is 13.2. The fraction of sp³-hybridized carbons (Fsp3) is 0.238. The highest BCUT2D eigenvalue weighted by Gasteiger charge is 2.51. The number of benzene rings is 4. The van der Waals surface area contributed by atoms with Gasteiger partial charge in [0.2, 0.25) is 13.6 Å². The molecule has 0 radical (unpaired) electrons. The molecule has 4 aromatic rings. The largest absolute Gasteiger partial charge is 0.453 e. The summed E-state index contributed by atoms with van der Waals surface area (Å²) in [5, 5.41) is 3.22.